The number of para-hydroxylation sites is 1. The molecule has 3 amide bonds. The van der Waals surface area contributed by atoms with Gasteiger partial charge in [0.05, 0.1) is 19.6 Å². The van der Waals surface area contributed by atoms with Gasteiger partial charge in [0.15, 0.2) is 0 Å². The van der Waals surface area contributed by atoms with E-state index in [1.807, 2.05) is 30.3 Å². The van der Waals surface area contributed by atoms with Gasteiger partial charge in [0.2, 0.25) is 11.8 Å². The second-order valence-corrected chi connectivity index (χ2v) is 6.84. The van der Waals surface area contributed by atoms with Crippen LogP contribution < -0.4 is 21.1 Å². The molecule has 0 aliphatic heterocycles. The van der Waals surface area contributed by atoms with E-state index in [1.165, 1.54) is 7.11 Å². The van der Waals surface area contributed by atoms with Gasteiger partial charge in [-0.05, 0) is 17.2 Å². The van der Waals surface area contributed by atoms with E-state index in [1.54, 1.807) is 24.3 Å². The first kappa shape index (κ1) is 23.7. The molecule has 2 aromatic carbocycles. The summed E-state index contributed by atoms with van der Waals surface area (Å²) >= 11 is 0. The highest BCUT2D eigenvalue weighted by Gasteiger charge is 2.22. The van der Waals surface area contributed by atoms with Gasteiger partial charge in [0.1, 0.15) is 18.4 Å². The fourth-order valence-electron chi connectivity index (χ4n) is 2.83. The molecule has 0 heterocycles. The smallest absolute Gasteiger partial charge is 0.407 e. The van der Waals surface area contributed by atoms with E-state index >= 15 is 0 Å². The number of carbonyl (C=O) groups excluding carboxylic acids is 3. The van der Waals surface area contributed by atoms with E-state index in [9.17, 15) is 19.5 Å². The first-order chi connectivity index (χ1) is 14.9. The van der Waals surface area contributed by atoms with E-state index in [2.05, 4.69) is 10.6 Å². The Labute approximate surface area is 180 Å². The zero-order valence-corrected chi connectivity index (χ0v) is 17.2. The molecule has 31 heavy (non-hydrogen) atoms. The molecule has 5 N–H and O–H groups in total. The number of hydrogen-bond donors (Lipinski definition) is 4. The van der Waals surface area contributed by atoms with Crippen LogP contribution in [0.4, 0.5) is 4.79 Å². The summed E-state index contributed by atoms with van der Waals surface area (Å²) in [6.07, 6.45) is -2.06. The zero-order valence-electron chi connectivity index (χ0n) is 17.2. The van der Waals surface area contributed by atoms with Crippen molar-refractivity contribution >= 4 is 17.9 Å². The van der Waals surface area contributed by atoms with E-state index in [-0.39, 0.29) is 26.0 Å². The third-order valence-electron chi connectivity index (χ3n) is 4.41. The molecule has 0 aliphatic rings. The van der Waals surface area contributed by atoms with Crippen molar-refractivity contribution in [1.82, 2.24) is 10.6 Å². The second-order valence-electron chi connectivity index (χ2n) is 6.84. The standard InChI is InChI=1S/C22H27N3O6/c1-30-19-10-6-5-9-16(19)11-18(21(23)28)25-20(27)12-17(26)13-24-22(29)31-14-15-7-3-2-4-8-15/h2-10,17-18,26H,11-14H2,1H3,(H2,23,28)(H,24,29)(H,25,27)/t17-,18-/m1/s1. The number of carbonyl (C=O) groups is 3. The summed E-state index contributed by atoms with van der Waals surface area (Å²) in [7, 11) is 1.50. The molecule has 166 valence electrons. The van der Waals surface area contributed by atoms with Crippen molar-refractivity contribution in [3.63, 3.8) is 0 Å². The van der Waals surface area contributed by atoms with Gasteiger partial charge >= 0.3 is 6.09 Å². The first-order valence-corrected chi connectivity index (χ1v) is 9.72. The monoisotopic (exact) mass is 429 g/mol. The highest BCUT2D eigenvalue weighted by Crippen LogP contribution is 2.19. The molecule has 0 aliphatic carbocycles. The van der Waals surface area contributed by atoms with E-state index in [4.69, 9.17) is 15.2 Å². The minimum atomic E-state index is -1.16. The molecular weight excluding hydrogens is 402 g/mol. The average Bonchev–Trinajstić information content (AvgIpc) is 2.76. The van der Waals surface area contributed by atoms with Crippen molar-refractivity contribution in [3.8, 4) is 5.75 Å². The number of nitrogens with two attached hydrogens (primary N) is 1. The normalized spacial score (nSPS) is 12.3. The fraction of sp³-hybridized carbons (Fsp3) is 0.318. The van der Waals surface area contributed by atoms with Crippen LogP contribution >= 0.6 is 0 Å². The van der Waals surface area contributed by atoms with Gasteiger partial charge in [-0.1, -0.05) is 48.5 Å². The molecule has 2 atom stereocenters. The lowest BCUT2D eigenvalue weighted by atomic mass is 10.0. The van der Waals surface area contributed by atoms with Crippen LogP contribution in [0.25, 0.3) is 0 Å². The molecule has 0 radical (unpaired) electrons. The predicted molar refractivity (Wildman–Crippen MR) is 113 cm³/mol. The molecule has 0 saturated carbocycles. The maximum Gasteiger partial charge on any atom is 0.407 e. The predicted octanol–water partition coefficient (Wildman–Crippen LogP) is 0.885. The Hall–Kier alpha value is -3.59. The fourth-order valence-corrected chi connectivity index (χ4v) is 2.83. The summed E-state index contributed by atoms with van der Waals surface area (Å²) in [6, 6.07) is 15.2. The summed E-state index contributed by atoms with van der Waals surface area (Å²) in [5, 5.41) is 14.9. The Morgan fingerprint density at radius 1 is 1.06 bits per heavy atom. The molecule has 9 heteroatoms. The van der Waals surface area contributed by atoms with Crippen molar-refractivity contribution in [3.05, 3.63) is 65.7 Å². The quantitative estimate of drug-likeness (QED) is 0.418. The number of ether oxygens (including phenoxy) is 2. The minimum Gasteiger partial charge on any atom is -0.496 e. The summed E-state index contributed by atoms with van der Waals surface area (Å²) in [6.45, 7) is -0.0959. The number of hydrogen-bond acceptors (Lipinski definition) is 6. The number of methoxy groups -OCH3 is 1. The van der Waals surface area contributed by atoms with Crippen molar-refractivity contribution in [2.45, 2.75) is 31.6 Å². The third kappa shape index (κ3) is 8.35. The molecule has 0 aromatic heterocycles. The summed E-state index contributed by atoms with van der Waals surface area (Å²) < 4.78 is 10.3. The molecule has 0 spiro atoms. The van der Waals surface area contributed by atoms with Crippen LogP contribution in [-0.2, 0) is 27.4 Å². The van der Waals surface area contributed by atoms with Crippen LogP contribution in [0.1, 0.15) is 17.5 Å². The van der Waals surface area contributed by atoms with Crippen molar-refractivity contribution < 1.29 is 29.0 Å². The minimum absolute atomic E-state index is 0.0898. The SMILES string of the molecule is COc1ccccc1C[C@@H](NC(=O)C[C@@H](O)CNC(=O)OCc1ccccc1)C(N)=O. The molecule has 9 nitrogen and oxygen atoms in total. The average molecular weight is 429 g/mol. The second kappa shape index (κ2) is 12.2. The van der Waals surface area contributed by atoms with Gasteiger partial charge in [-0.15, -0.1) is 0 Å². The van der Waals surface area contributed by atoms with Gasteiger partial charge in [-0.3, -0.25) is 9.59 Å². The van der Waals surface area contributed by atoms with Crippen molar-refractivity contribution in [2.24, 2.45) is 5.73 Å². The lowest BCUT2D eigenvalue weighted by molar-refractivity contribution is -0.128. The molecular formula is C22H27N3O6. The Bertz CT molecular complexity index is 875. The largest absolute Gasteiger partial charge is 0.496 e. The van der Waals surface area contributed by atoms with Crippen LogP contribution in [0.3, 0.4) is 0 Å². The Kier molecular flexibility index (Phi) is 9.31. The first-order valence-electron chi connectivity index (χ1n) is 9.72. The van der Waals surface area contributed by atoms with Crippen LogP contribution in [0.5, 0.6) is 5.75 Å². The molecule has 0 unspecified atom stereocenters. The lowest BCUT2D eigenvalue weighted by Gasteiger charge is -2.18. The topological polar surface area (TPSA) is 140 Å². The Balaban J connectivity index is 1.77. The summed E-state index contributed by atoms with van der Waals surface area (Å²) in [5.74, 6) is -0.719. The number of alkyl carbamates (subject to hydrolysis) is 1. The third-order valence-corrected chi connectivity index (χ3v) is 4.41. The van der Waals surface area contributed by atoms with Crippen LogP contribution in [0.2, 0.25) is 0 Å². The highest BCUT2D eigenvalue weighted by molar-refractivity contribution is 5.87. The molecule has 0 fully saturated rings. The van der Waals surface area contributed by atoms with E-state index in [0.29, 0.717) is 11.3 Å². The summed E-state index contributed by atoms with van der Waals surface area (Å²) in [5.41, 5.74) is 6.93. The maximum atomic E-state index is 12.2. The Morgan fingerprint density at radius 2 is 1.74 bits per heavy atom. The number of amides is 3. The number of benzene rings is 2. The summed E-state index contributed by atoms with van der Waals surface area (Å²) in [4.78, 5) is 35.7. The maximum absolute atomic E-state index is 12.2. The number of primary amides is 1. The number of aliphatic hydroxyl groups excluding tert-OH is 1. The van der Waals surface area contributed by atoms with E-state index < -0.39 is 30.1 Å². The van der Waals surface area contributed by atoms with Crippen LogP contribution in [0.15, 0.2) is 54.6 Å². The van der Waals surface area contributed by atoms with Crippen molar-refractivity contribution in [1.29, 1.82) is 0 Å². The van der Waals surface area contributed by atoms with Gasteiger partial charge in [0, 0.05) is 13.0 Å². The number of nitrogens with one attached hydrogen (secondary N) is 2. The molecule has 0 saturated heterocycles. The van der Waals surface area contributed by atoms with Gasteiger partial charge < -0.3 is 30.9 Å². The highest BCUT2D eigenvalue weighted by atomic mass is 16.5. The zero-order chi connectivity index (χ0) is 22.6. The van der Waals surface area contributed by atoms with Crippen molar-refractivity contribution in [2.75, 3.05) is 13.7 Å². The van der Waals surface area contributed by atoms with Crippen LogP contribution in [-0.4, -0.2) is 48.8 Å². The molecule has 2 rings (SSSR count). The van der Waals surface area contributed by atoms with E-state index in [0.717, 1.165) is 5.56 Å². The van der Waals surface area contributed by atoms with Gasteiger partial charge in [-0.2, -0.15) is 0 Å². The number of rotatable bonds is 11. The van der Waals surface area contributed by atoms with Gasteiger partial charge in [0.25, 0.3) is 0 Å². The van der Waals surface area contributed by atoms with Crippen LogP contribution in [0, 0.1) is 0 Å². The number of aliphatic hydroxyl groups is 1. The lowest BCUT2D eigenvalue weighted by Crippen LogP contribution is -2.47. The Morgan fingerprint density at radius 3 is 2.42 bits per heavy atom. The molecule has 0 bridgehead atoms. The van der Waals surface area contributed by atoms with Gasteiger partial charge in [-0.25, -0.2) is 4.79 Å². The molecule has 2 aromatic rings.